The maximum atomic E-state index is 12.7. The van der Waals surface area contributed by atoms with Crippen LogP contribution in [0.3, 0.4) is 0 Å². The van der Waals surface area contributed by atoms with E-state index in [1.165, 1.54) is 12.1 Å². The average molecular weight is 331 g/mol. The van der Waals surface area contributed by atoms with E-state index in [-0.39, 0.29) is 24.1 Å². The Morgan fingerprint density at radius 3 is 2.82 bits per heavy atom. The molecule has 1 atom stereocenters. The van der Waals surface area contributed by atoms with Crippen molar-refractivity contribution >= 4 is 18.3 Å². The van der Waals surface area contributed by atoms with E-state index in [1.807, 2.05) is 11.9 Å². The average Bonchev–Trinajstić information content (AvgIpc) is 2.53. The van der Waals surface area contributed by atoms with Crippen molar-refractivity contribution in [1.82, 2.24) is 10.2 Å². The quantitative estimate of drug-likeness (QED) is 0.815. The first-order chi connectivity index (χ1) is 10.2. The highest BCUT2D eigenvalue weighted by Gasteiger charge is 2.21. The number of carbonyl (C=O) groups is 1. The number of amides is 1. The van der Waals surface area contributed by atoms with Crippen LogP contribution in [-0.2, 0) is 4.79 Å². The van der Waals surface area contributed by atoms with Gasteiger partial charge in [-0.3, -0.25) is 4.79 Å². The van der Waals surface area contributed by atoms with Crippen molar-refractivity contribution in [1.29, 1.82) is 0 Å². The predicted molar refractivity (Wildman–Crippen MR) is 87.0 cm³/mol. The van der Waals surface area contributed by atoms with Crippen molar-refractivity contribution in [3.05, 3.63) is 30.1 Å². The van der Waals surface area contributed by atoms with Crippen LogP contribution in [0.4, 0.5) is 4.39 Å². The van der Waals surface area contributed by atoms with Gasteiger partial charge in [0, 0.05) is 25.6 Å². The zero-order chi connectivity index (χ0) is 15.1. The molecule has 0 saturated carbocycles. The third-order valence-corrected chi connectivity index (χ3v) is 3.80. The van der Waals surface area contributed by atoms with Crippen molar-refractivity contribution in [2.45, 2.75) is 31.7 Å². The summed E-state index contributed by atoms with van der Waals surface area (Å²) in [6.07, 6.45) is 3.37. The van der Waals surface area contributed by atoms with E-state index in [1.54, 1.807) is 12.1 Å². The lowest BCUT2D eigenvalue weighted by Crippen LogP contribution is -2.46. The molecule has 1 unspecified atom stereocenters. The summed E-state index contributed by atoms with van der Waals surface area (Å²) < 4.78 is 18.2. The molecule has 0 aliphatic carbocycles. The smallest absolute Gasteiger partial charge is 0.222 e. The molecule has 1 N–H and O–H groups in total. The number of likely N-dealkylation sites (tertiary alicyclic amines) is 1. The van der Waals surface area contributed by atoms with E-state index in [0.717, 1.165) is 25.9 Å². The molecule has 4 nitrogen and oxygen atoms in total. The fourth-order valence-corrected chi connectivity index (χ4v) is 2.54. The molecular weight excluding hydrogens is 307 g/mol. The molecule has 1 aliphatic heterocycles. The Hall–Kier alpha value is -1.33. The number of nitrogens with one attached hydrogen (secondary N) is 1. The fourth-order valence-electron chi connectivity index (χ4n) is 2.54. The van der Waals surface area contributed by atoms with E-state index in [4.69, 9.17) is 4.74 Å². The van der Waals surface area contributed by atoms with E-state index in [2.05, 4.69) is 5.32 Å². The fraction of sp³-hybridized carbons (Fsp3) is 0.562. The van der Waals surface area contributed by atoms with Crippen LogP contribution in [0.5, 0.6) is 5.75 Å². The second-order valence-corrected chi connectivity index (χ2v) is 5.37. The van der Waals surface area contributed by atoms with Crippen molar-refractivity contribution in [3.8, 4) is 5.75 Å². The van der Waals surface area contributed by atoms with Gasteiger partial charge in [0.05, 0.1) is 6.61 Å². The van der Waals surface area contributed by atoms with Gasteiger partial charge in [-0.1, -0.05) is 0 Å². The molecule has 124 valence electrons. The number of likely N-dealkylation sites (N-methyl/N-ethyl adjacent to an activating group) is 1. The lowest BCUT2D eigenvalue weighted by atomic mass is 10.1. The van der Waals surface area contributed by atoms with Crippen LogP contribution in [0.2, 0.25) is 0 Å². The largest absolute Gasteiger partial charge is 0.494 e. The first kappa shape index (κ1) is 18.7. The number of rotatable bonds is 6. The zero-order valence-electron chi connectivity index (χ0n) is 12.9. The number of carbonyl (C=O) groups excluding carboxylic acids is 1. The lowest BCUT2D eigenvalue weighted by molar-refractivity contribution is -0.132. The third-order valence-electron chi connectivity index (χ3n) is 3.80. The molecule has 0 spiro atoms. The Balaban J connectivity index is 0.00000242. The second-order valence-electron chi connectivity index (χ2n) is 5.37. The highest BCUT2D eigenvalue weighted by molar-refractivity contribution is 5.85. The topological polar surface area (TPSA) is 41.6 Å². The van der Waals surface area contributed by atoms with Gasteiger partial charge < -0.3 is 15.0 Å². The summed E-state index contributed by atoms with van der Waals surface area (Å²) in [7, 11) is 1.94. The molecule has 6 heteroatoms. The van der Waals surface area contributed by atoms with Crippen LogP contribution in [0.15, 0.2) is 24.3 Å². The molecule has 1 heterocycles. The van der Waals surface area contributed by atoms with Crippen LogP contribution in [0.1, 0.15) is 25.7 Å². The summed E-state index contributed by atoms with van der Waals surface area (Å²) in [6.45, 7) is 2.13. The summed E-state index contributed by atoms with van der Waals surface area (Å²) in [5, 5.41) is 3.23. The van der Waals surface area contributed by atoms with Crippen molar-refractivity contribution in [2.24, 2.45) is 0 Å². The number of ether oxygens (including phenoxy) is 1. The first-order valence-corrected chi connectivity index (χ1v) is 7.52. The molecule has 0 radical (unpaired) electrons. The minimum absolute atomic E-state index is 0. The van der Waals surface area contributed by atoms with Crippen LogP contribution in [0, 0.1) is 5.82 Å². The number of halogens is 2. The zero-order valence-corrected chi connectivity index (χ0v) is 13.7. The SMILES string of the molecule is CNC1CCCN(C(=O)CCCOc2ccc(F)cc2)C1.Cl. The van der Waals surface area contributed by atoms with Gasteiger partial charge in [-0.05, 0) is 50.6 Å². The molecule has 1 fully saturated rings. The minimum atomic E-state index is -0.276. The van der Waals surface area contributed by atoms with Crippen LogP contribution < -0.4 is 10.1 Å². The molecule has 1 aliphatic rings. The van der Waals surface area contributed by atoms with Gasteiger partial charge in [-0.15, -0.1) is 12.4 Å². The van der Waals surface area contributed by atoms with Crippen LogP contribution in [-0.4, -0.2) is 43.6 Å². The summed E-state index contributed by atoms with van der Waals surface area (Å²) in [6, 6.07) is 6.34. The van der Waals surface area contributed by atoms with Gasteiger partial charge in [0.1, 0.15) is 11.6 Å². The molecule has 1 aromatic rings. The van der Waals surface area contributed by atoms with Gasteiger partial charge in [0.25, 0.3) is 0 Å². The molecule has 0 aromatic heterocycles. The van der Waals surface area contributed by atoms with E-state index in [0.29, 0.717) is 31.2 Å². The summed E-state index contributed by atoms with van der Waals surface area (Å²) in [4.78, 5) is 14.0. The van der Waals surface area contributed by atoms with Gasteiger partial charge in [0.15, 0.2) is 0 Å². The Morgan fingerprint density at radius 1 is 1.41 bits per heavy atom. The van der Waals surface area contributed by atoms with Crippen LogP contribution in [0.25, 0.3) is 0 Å². The van der Waals surface area contributed by atoms with Crippen molar-refractivity contribution < 1.29 is 13.9 Å². The Kier molecular flexibility index (Phi) is 8.20. The number of nitrogens with zero attached hydrogens (tertiary/aromatic N) is 1. The summed E-state index contributed by atoms with van der Waals surface area (Å²) in [5.74, 6) is 0.552. The van der Waals surface area contributed by atoms with E-state index < -0.39 is 0 Å². The van der Waals surface area contributed by atoms with Crippen molar-refractivity contribution in [3.63, 3.8) is 0 Å². The minimum Gasteiger partial charge on any atom is -0.494 e. The van der Waals surface area contributed by atoms with Gasteiger partial charge >= 0.3 is 0 Å². The summed E-state index contributed by atoms with van der Waals surface area (Å²) in [5.41, 5.74) is 0. The second kappa shape index (κ2) is 9.64. The third kappa shape index (κ3) is 5.81. The highest BCUT2D eigenvalue weighted by Crippen LogP contribution is 2.13. The standard InChI is InChI=1S/C16H23FN2O2.ClH/c1-18-14-4-2-10-19(12-14)16(20)5-3-11-21-15-8-6-13(17)7-9-15;/h6-9,14,18H,2-5,10-12H2,1H3;1H. The monoisotopic (exact) mass is 330 g/mol. The molecule has 1 amide bonds. The lowest BCUT2D eigenvalue weighted by Gasteiger charge is -2.32. The molecule has 1 aromatic carbocycles. The Morgan fingerprint density at radius 2 is 2.14 bits per heavy atom. The number of hydrogen-bond donors (Lipinski definition) is 1. The van der Waals surface area contributed by atoms with Gasteiger partial charge in [-0.2, -0.15) is 0 Å². The molecule has 0 bridgehead atoms. The maximum absolute atomic E-state index is 12.7. The van der Waals surface area contributed by atoms with Crippen LogP contribution >= 0.6 is 12.4 Å². The predicted octanol–water partition coefficient (Wildman–Crippen LogP) is 2.62. The molecule has 1 saturated heterocycles. The number of benzene rings is 1. The molecule has 22 heavy (non-hydrogen) atoms. The van der Waals surface area contributed by atoms with Gasteiger partial charge in [-0.25, -0.2) is 4.39 Å². The maximum Gasteiger partial charge on any atom is 0.222 e. The molecular formula is C16H24ClFN2O2. The van der Waals surface area contributed by atoms with E-state index in [9.17, 15) is 9.18 Å². The normalized spacial score (nSPS) is 17.7. The Labute approximate surface area is 137 Å². The first-order valence-electron chi connectivity index (χ1n) is 7.52. The van der Waals surface area contributed by atoms with E-state index >= 15 is 0 Å². The number of piperidine rings is 1. The highest BCUT2D eigenvalue weighted by atomic mass is 35.5. The number of hydrogen-bond acceptors (Lipinski definition) is 3. The van der Waals surface area contributed by atoms with Gasteiger partial charge in [0.2, 0.25) is 5.91 Å². The molecule has 2 rings (SSSR count). The van der Waals surface area contributed by atoms with Crippen molar-refractivity contribution in [2.75, 3.05) is 26.7 Å². The Bertz CT molecular complexity index is 456. The summed E-state index contributed by atoms with van der Waals surface area (Å²) >= 11 is 0.